The molecule has 2 unspecified atom stereocenters. The fourth-order valence-electron chi connectivity index (χ4n) is 2.61. The van der Waals surface area contributed by atoms with Gasteiger partial charge in [-0.3, -0.25) is 0 Å². The minimum absolute atomic E-state index is 0.521. The summed E-state index contributed by atoms with van der Waals surface area (Å²) >= 11 is 0. The summed E-state index contributed by atoms with van der Waals surface area (Å²) < 4.78 is 5.91. The molecular formula is C13H27NO. The van der Waals surface area contributed by atoms with Crippen LogP contribution in [0.15, 0.2) is 0 Å². The van der Waals surface area contributed by atoms with Crippen molar-refractivity contribution in [2.24, 2.45) is 11.8 Å². The van der Waals surface area contributed by atoms with Crippen LogP contribution in [0.1, 0.15) is 46.5 Å². The zero-order valence-corrected chi connectivity index (χ0v) is 10.6. The van der Waals surface area contributed by atoms with E-state index in [1.54, 1.807) is 0 Å². The average molecular weight is 213 g/mol. The number of rotatable bonds is 6. The Morgan fingerprint density at radius 2 is 1.73 bits per heavy atom. The van der Waals surface area contributed by atoms with Crippen LogP contribution < -0.4 is 5.32 Å². The van der Waals surface area contributed by atoms with E-state index in [1.807, 2.05) is 0 Å². The molecule has 15 heavy (non-hydrogen) atoms. The van der Waals surface area contributed by atoms with Crippen molar-refractivity contribution < 1.29 is 4.74 Å². The Morgan fingerprint density at radius 3 is 2.33 bits per heavy atom. The van der Waals surface area contributed by atoms with Crippen molar-refractivity contribution in [3.05, 3.63) is 0 Å². The van der Waals surface area contributed by atoms with Crippen LogP contribution in [-0.4, -0.2) is 25.8 Å². The number of hydrogen-bond donors (Lipinski definition) is 1. The van der Waals surface area contributed by atoms with Gasteiger partial charge in [0, 0.05) is 6.54 Å². The van der Waals surface area contributed by atoms with Gasteiger partial charge < -0.3 is 10.1 Å². The van der Waals surface area contributed by atoms with Gasteiger partial charge in [0.2, 0.25) is 0 Å². The Labute approximate surface area is 94.8 Å². The molecule has 0 radical (unpaired) electrons. The van der Waals surface area contributed by atoms with E-state index in [0.29, 0.717) is 6.10 Å². The maximum absolute atomic E-state index is 5.91. The van der Waals surface area contributed by atoms with Crippen LogP contribution in [0.3, 0.4) is 0 Å². The van der Waals surface area contributed by atoms with Gasteiger partial charge >= 0.3 is 0 Å². The molecule has 0 saturated heterocycles. The van der Waals surface area contributed by atoms with Gasteiger partial charge in [-0.1, -0.05) is 20.8 Å². The topological polar surface area (TPSA) is 21.3 Å². The summed E-state index contributed by atoms with van der Waals surface area (Å²) in [5, 5.41) is 3.37. The lowest BCUT2D eigenvalue weighted by Crippen LogP contribution is -2.29. The second kappa shape index (κ2) is 7.24. The Kier molecular flexibility index (Phi) is 6.26. The first kappa shape index (κ1) is 13.0. The summed E-state index contributed by atoms with van der Waals surface area (Å²) in [7, 11) is 0. The first-order chi connectivity index (χ1) is 7.22. The first-order valence-electron chi connectivity index (χ1n) is 6.54. The quantitative estimate of drug-likeness (QED) is 0.685. The van der Waals surface area contributed by atoms with Gasteiger partial charge in [0.15, 0.2) is 0 Å². The fourth-order valence-corrected chi connectivity index (χ4v) is 2.61. The summed E-state index contributed by atoms with van der Waals surface area (Å²) in [5.41, 5.74) is 0. The van der Waals surface area contributed by atoms with Crippen molar-refractivity contribution in [3.63, 3.8) is 0 Å². The van der Waals surface area contributed by atoms with Crippen molar-refractivity contribution in [1.29, 1.82) is 0 Å². The summed E-state index contributed by atoms with van der Waals surface area (Å²) in [4.78, 5) is 0. The molecule has 1 N–H and O–H groups in total. The van der Waals surface area contributed by atoms with Gasteiger partial charge in [-0.05, 0) is 44.1 Å². The monoisotopic (exact) mass is 213 g/mol. The van der Waals surface area contributed by atoms with E-state index >= 15 is 0 Å². The van der Waals surface area contributed by atoms with Crippen LogP contribution >= 0.6 is 0 Å². The van der Waals surface area contributed by atoms with Crippen LogP contribution in [0.5, 0.6) is 0 Å². The van der Waals surface area contributed by atoms with Gasteiger partial charge in [0.25, 0.3) is 0 Å². The Hall–Kier alpha value is -0.0800. The van der Waals surface area contributed by atoms with E-state index in [0.717, 1.165) is 31.5 Å². The van der Waals surface area contributed by atoms with Crippen molar-refractivity contribution in [1.82, 2.24) is 5.32 Å². The molecule has 0 aromatic carbocycles. The van der Waals surface area contributed by atoms with Gasteiger partial charge in [0.1, 0.15) is 0 Å². The van der Waals surface area contributed by atoms with E-state index in [-0.39, 0.29) is 0 Å². The SMILES string of the molecule is CCCNCCOC1CC(C)CC(C)C1. The molecule has 0 heterocycles. The molecule has 2 atom stereocenters. The van der Waals surface area contributed by atoms with E-state index in [9.17, 15) is 0 Å². The van der Waals surface area contributed by atoms with Crippen molar-refractivity contribution >= 4 is 0 Å². The largest absolute Gasteiger partial charge is 0.377 e. The standard InChI is InChI=1S/C13H27NO/c1-4-5-14-6-7-15-13-9-11(2)8-12(3)10-13/h11-14H,4-10H2,1-3H3. The van der Waals surface area contributed by atoms with E-state index in [2.05, 4.69) is 26.1 Å². The number of hydrogen-bond acceptors (Lipinski definition) is 2. The van der Waals surface area contributed by atoms with Crippen molar-refractivity contribution in [2.45, 2.75) is 52.6 Å². The third-order valence-corrected chi connectivity index (χ3v) is 3.19. The Morgan fingerprint density at radius 1 is 1.07 bits per heavy atom. The number of nitrogens with one attached hydrogen (secondary N) is 1. The summed E-state index contributed by atoms with van der Waals surface area (Å²) in [5.74, 6) is 1.70. The van der Waals surface area contributed by atoms with E-state index in [1.165, 1.54) is 25.7 Å². The predicted molar refractivity (Wildman–Crippen MR) is 65.1 cm³/mol. The Bertz CT molecular complexity index is 151. The van der Waals surface area contributed by atoms with Crippen LogP contribution in [0, 0.1) is 11.8 Å². The second-order valence-electron chi connectivity index (χ2n) is 5.16. The molecule has 1 fully saturated rings. The van der Waals surface area contributed by atoms with Crippen LogP contribution in [0.2, 0.25) is 0 Å². The minimum Gasteiger partial charge on any atom is -0.377 e. The zero-order chi connectivity index (χ0) is 11.1. The van der Waals surface area contributed by atoms with E-state index in [4.69, 9.17) is 4.74 Å². The molecule has 2 nitrogen and oxygen atoms in total. The minimum atomic E-state index is 0.521. The highest BCUT2D eigenvalue weighted by atomic mass is 16.5. The number of ether oxygens (including phenoxy) is 1. The summed E-state index contributed by atoms with van der Waals surface area (Å²) in [6, 6.07) is 0. The lowest BCUT2D eigenvalue weighted by molar-refractivity contribution is 0.00277. The maximum atomic E-state index is 5.91. The molecule has 1 rings (SSSR count). The van der Waals surface area contributed by atoms with Crippen LogP contribution in [0.4, 0.5) is 0 Å². The first-order valence-corrected chi connectivity index (χ1v) is 6.54. The summed E-state index contributed by atoms with van der Waals surface area (Å²) in [6.45, 7) is 9.89. The molecule has 0 aromatic rings. The molecule has 1 aliphatic rings. The molecule has 1 saturated carbocycles. The second-order valence-corrected chi connectivity index (χ2v) is 5.16. The third kappa shape index (κ3) is 5.53. The highest BCUT2D eigenvalue weighted by Gasteiger charge is 2.23. The lowest BCUT2D eigenvalue weighted by atomic mass is 9.82. The van der Waals surface area contributed by atoms with Crippen LogP contribution in [-0.2, 0) is 4.74 Å². The van der Waals surface area contributed by atoms with Crippen molar-refractivity contribution in [3.8, 4) is 0 Å². The van der Waals surface area contributed by atoms with Crippen LogP contribution in [0.25, 0.3) is 0 Å². The van der Waals surface area contributed by atoms with Gasteiger partial charge in [-0.15, -0.1) is 0 Å². The van der Waals surface area contributed by atoms with Gasteiger partial charge in [0.05, 0.1) is 12.7 Å². The highest BCUT2D eigenvalue weighted by molar-refractivity contribution is 4.75. The van der Waals surface area contributed by atoms with E-state index < -0.39 is 0 Å². The van der Waals surface area contributed by atoms with Crippen molar-refractivity contribution in [2.75, 3.05) is 19.7 Å². The molecule has 0 amide bonds. The Balaban J connectivity index is 2.04. The molecule has 0 spiro atoms. The third-order valence-electron chi connectivity index (χ3n) is 3.19. The molecule has 0 bridgehead atoms. The zero-order valence-electron chi connectivity index (χ0n) is 10.6. The fraction of sp³-hybridized carbons (Fsp3) is 1.00. The molecule has 0 aromatic heterocycles. The smallest absolute Gasteiger partial charge is 0.0594 e. The predicted octanol–water partition coefficient (Wildman–Crippen LogP) is 2.83. The van der Waals surface area contributed by atoms with Gasteiger partial charge in [-0.25, -0.2) is 0 Å². The summed E-state index contributed by atoms with van der Waals surface area (Å²) in [6.07, 6.45) is 5.63. The highest BCUT2D eigenvalue weighted by Crippen LogP contribution is 2.30. The maximum Gasteiger partial charge on any atom is 0.0594 e. The molecule has 90 valence electrons. The molecule has 0 aliphatic heterocycles. The normalized spacial score (nSPS) is 31.8. The molecule has 1 aliphatic carbocycles. The van der Waals surface area contributed by atoms with Gasteiger partial charge in [-0.2, -0.15) is 0 Å². The molecule has 2 heteroatoms. The molecular weight excluding hydrogens is 186 g/mol. The average Bonchev–Trinajstić information content (AvgIpc) is 2.16. The lowest BCUT2D eigenvalue weighted by Gasteiger charge is -2.31.